The van der Waals surface area contributed by atoms with Gasteiger partial charge in [0.1, 0.15) is 17.8 Å². The summed E-state index contributed by atoms with van der Waals surface area (Å²) in [6.07, 6.45) is 3.94. The Balaban J connectivity index is 2.93. The Morgan fingerprint density at radius 3 is 2.64 bits per heavy atom. The van der Waals surface area contributed by atoms with Crippen LogP contribution in [0.25, 0.3) is 6.08 Å². The molecule has 2 nitrogen and oxygen atoms in total. The fourth-order valence-corrected chi connectivity index (χ4v) is 0.959. The molecule has 0 aromatic carbocycles. The molecule has 0 saturated heterocycles. The molecular formula is C9H10O2. The van der Waals surface area contributed by atoms with E-state index in [0.29, 0.717) is 0 Å². The summed E-state index contributed by atoms with van der Waals surface area (Å²) in [4.78, 5) is 9.98. The Kier molecular flexibility index (Phi) is 2.26. The van der Waals surface area contributed by atoms with Crippen molar-refractivity contribution in [3.8, 4) is 0 Å². The summed E-state index contributed by atoms with van der Waals surface area (Å²) >= 11 is 0. The van der Waals surface area contributed by atoms with Crippen molar-refractivity contribution in [2.45, 2.75) is 13.8 Å². The number of hydrogen-bond acceptors (Lipinski definition) is 2. The monoisotopic (exact) mass is 150 g/mol. The van der Waals surface area contributed by atoms with E-state index in [2.05, 4.69) is 0 Å². The molecule has 0 bridgehead atoms. The number of furan rings is 1. The van der Waals surface area contributed by atoms with Crippen LogP contribution in [0.3, 0.4) is 0 Å². The summed E-state index contributed by atoms with van der Waals surface area (Å²) in [7, 11) is 0. The zero-order chi connectivity index (χ0) is 8.27. The van der Waals surface area contributed by atoms with Crippen LogP contribution >= 0.6 is 0 Å². The van der Waals surface area contributed by atoms with Crippen molar-refractivity contribution in [2.24, 2.45) is 0 Å². The van der Waals surface area contributed by atoms with E-state index in [4.69, 9.17) is 4.42 Å². The van der Waals surface area contributed by atoms with Gasteiger partial charge in [0.05, 0.1) is 0 Å². The molecule has 0 aliphatic rings. The minimum atomic E-state index is 0.752. The number of allylic oxidation sites excluding steroid dienone is 1. The Morgan fingerprint density at radius 2 is 2.18 bits per heavy atom. The highest BCUT2D eigenvalue weighted by Crippen LogP contribution is 2.14. The molecule has 1 aromatic rings. The lowest BCUT2D eigenvalue weighted by atomic mass is 10.2. The number of aryl methyl sites for hydroxylation is 2. The first-order valence-electron chi connectivity index (χ1n) is 3.43. The van der Waals surface area contributed by atoms with Gasteiger partial charge in [0.15, 0.2) is 0 Å². The van der Waals surface area contributed by atoms with Gasteiger partial charge in [-0.1, -0.05) is 0 Å². The van der Waals surface area contributed by atoms with Gasteiger partial charge >= 0.3 is 0 Å². The Morgan fingerprint density at radius 1 is 1.45 bits per heavy atom. The van der Waals surface area contributed by atoms with Gasteiger partial charge in [-0.15, -0.1) is 0 Å². The lowest BCUT2D eigenvalue weighted by molar-refractivity contribution is -0.104. The SMILES string of the molecule is Cc1cc(/C=C/C=O)c(C)o1. The third-order valence-electron chi connectivity index (χ3n) is 1.43. The highest BCUT2D eigenvalue weighted by molar-refractivity contribution is 5.74. The van der Waals surface area contributed by atoms with Gasteiger partial charge in [-0.05, 0) is 32.1 Å². The van der Waals surface area contributed by atoms with E-state index in [1.165, 1.54) is 6.08 Å². The van der Waals surface area contributed by atoms with E-state index >= 15 is 0 Å². The van der Waals surface area contributed by atoms with Crippen LogP contribution in [0.2, 0.25) is 0 Å². The minimum Gasteiger partial charge on any atom is -0.466 e. The lowest BCUT2D eigenvalue weighted by Crippen LogP contribution is -1.68. The molecule has 0 saturated carbocycles. The molecule has 2 heteroatoms. The fraction of sp³-hybridized carbons (Fsp3) is 0.222. The number of hydrogen-bond donors (Lipinski definition) is 0. The van der Waals surface area contributed by atoms with Gasteiger partial charge in [-0.3, -0.25) is 4.79 Å². The molecule has 0 N–H and O–H groups in total. The summed E-state index contributed by atoms with van der Waals surface area (Å²) in [6.45, 7) is 3.75. The van der Waals surface area contributed by atoms with E-state index in [1.54, 1.807) is 6.08 Å². The molecule has 1 aromatic heterocycles. The molecule has 0 amide bonds. The Hall–Kier alpha value is -1.31. The quantitative estimate of drug-likeness (QED) is 0.477. The van der Waals surface area contributed by atoms with Gasteiger partial charge in [0.25, 0.3) is 0 Å². The summed E-state index contributed by atoms with van der Waals surface area (Å²) in [5.74, 6) is 1.72. The van der Waals surface area contributed by atoms with Crippen molar-refractivity contribution in [2.75, 3.05) is 0 Å². The standard InChI is InChI=1S/C9H10O2/c1-7-6-9(4-3-5-10)8(2)11-7/h3-6H,1-2H3/b4-3+. The van der Waals surface area contributed by atoms with Crippen molar-refractivity contribution >= 4 is 12.4 Å². The van der Waals surface area contributed by atoms with Crippen molar-refractivity contribution in [3.63, 3.8) is 0 Å². The molecule has 0 atom stereocenters. The summed E-state index contributed by atoms with van der Waals surface area (Å²) < 4.78 is 5.24. The Bertz CT molecular complexity index is 282. The normalized spacial score (nSPS) is 10.7. The zero-order valence-electron chi connectivity index (χ0n) is 6.63. The maximum atomic E-state index is 9.98. The predicted octanol–water partition coefficient (Wildman–Crippen LogP) is 2.11. The minimum absolute atomic E-state index is 0.752. The van der Waals surface area contributed by atoms with Crippen LogP contribution < -0.4 is 0 Å². The molecule has 0 radical (unpaired) electrons. The van der Waals surface area contributed by atoms with Gasteiger partial charge in [0, 0.05) is 5.56 Å². The maximum absolute atomic E-state index is 9.98. The largest absolute Gasteiger partial charge is 0.466 e. The predicted molar refractivity (Wildman–Crippen MR) is 43.3 cm³/mol. The van der Waals surface area contributed by atoms with Gasteiger partial charge in [-0.2, -0.15) is 0 Å². The van der Waals surface area contributed by atoms with Crippen LogP contribution in [0.15, 0.2) is 16.6 Å². The number of carbonyl (C=O) groups is 1. The first-order chi connectivity index (χ1) is 5.24. The molecule has 0 unspecified atom stereocenters. The van der Waals surface area contributed by atoms with Crippen molar-refractivity contribution < 1.29 is 9.21 Å². The highest BCUT2D eigenvalue weighted by Gasteiger charge is 1.98. The molecule has 0 aliphatic carbocycles. The molecule has 0 spiro atoms. The van der Waals surface area contributed by atoms with E-state index in [1.807, 2.05) is 19.9 Å². The zero-order valence-corrected chi connectivity index (χ0v) is 6.63. The number of carbonyl (C=O) groups excluding carboxylic acids is 1. The van der Waals surface area contributed by atoms with Gasteiger partial charge < -0.3 is 4.42 Å². The molecular weight excluding hydrogens is 140 g/mol. The molecule has 11 heavy (non-hydrogen) atoms. The summed E-state index contributed by atoms with van der Waals surface area (Å²) in [5.41, 5.74) is 0.967. The summed E-state index contributed by atoms with van der Waals surface area (Å²) in [6, 6.07) is 1.90. The first-order valence-corrected chi connectivity index (χ1v) is 3.43. The van der Waals surface area contributed by atoms with E-state index < -0.39 is 0 Å². The van der Waals surface area contributed by atoms with Crippen LogP contribution in [0.5, 0.6) is 0 Å². The second-order valence-corrected chi connectivity index (χ2v) is 2.36. The Labute approximate surface area is 65.5 Å². The molecule has 58 valence electrons. The number of aldehydes is 1. The highest BCUT2D eigenvalue weighted by atomic mass is 16.3. The molecule has 1 rings (SSSR count). The van der Waals surface area contributed by atoms with E-state index in [0.717, 1.165) is 23.4 Å². The average Bonchev–Trinajstić information content (AvgIpc) is 2.26. The lowest BCUT2D eigenvalue weighted by Gasteiger charge is -1.83. The van der Waals surface area contributed by atoms with E-state index in [-0.39, 0.29) is 0 Å². The molecule has 1 heterocycles. The summed E-state index contributed by atoms with van der Waals surface area (Å²) in [5, 5.41) is 0. The smallest absolute Gasteiger partial charge is 0.142 e. The van der Waals surface area contributed by atoms with E-state index in [9.17, 15) is 4.79 Å². The maximum Gasteiger partial charge on any atom is 0.142 e. The van der Waals surface area contributed by atoms with Crippen LogP contribution in [0, 0.1) is 13.8 Å². The van der Waals surface area contributed by atoms with Crippen LogP contribution in [-0.4, -0.2) is 6.29 Å². The second-order valence-electron chi connectivity index (χ2n) is 2.36. The van der Waals surface area contributed by atoms with Crippen molar-refractivity contribution in [1.82, 2.24) is 0 Å². The van der Waals surface area contributed by atoms with Crippen LogP contribution in [-0.2, 0) is 4.79 Å². The van der Waals surface area contributed by atoms with Gasteiger partial charge in [-0.25, -0.2) is 0 Å². The van der Waals surface area contributed by atoms with Gasteiger partial charge in [0.2, 0.25) is 0 Å². The van der Waals surface area contributed by atoms with Crippen molar-refractivity contribution in [3.05, 3.63) is 29.2 Å². The second kappa shape index (κ2) is 3.19. The van der Waals surface area contributed by atoms with Crippen LogP contribution in [0.1, 0.15) is 17.1 Å². The van der Waals surface area contributed by atoms with Crippen LogP contribution in [0.4, 0.5) is 0 Å². The average molecular weight is 150 g/mol. The molecule has 0 fully saturated rings. The van der Waals surface area contributed by atoms with Crippen molar-refractivity contribution in [1.29, 1.82) is 0 Å². The topological polar surface area (TPSA) is 30.2 Å². The third kappa shape index (κ3) is 1.80. The third-order valence-corrected chi connectivity index (χ3v) is 1.43. The fourth-order valence-electron chi connectivity index (χ4n) is 0.959. The number of rotatable bonds is 2. The first kappa shape index (κ1) is 7.79. The molecule has 0 aliphatic heterocycles.